The van der Waals surface area contributed by atoms with Gasteiger partial charge in [-0.05, 0) is 43.9 Å². The van der Waals surface area contributed by atoms with Crippen LogP contribution in [0.3, 0.4) is 0 Å². The van der Waals surface area contributed by atoms with Crippen LogP contribution in [0.2, 0.25) is 0 Å². The van der Waals surface area contributed by atoms with E-state index in [-0.39, 0.29) is 0 Å². The highest BCUT2D eigenvalue weighted by atomic mass is 15.1. The molecular formula is C18H28N2. The van der Waals surface area contributed by atoms with Gasteiger partial charge in [0.05, 0.1) is 0 Å². The third kappa shape index (κ3) is 3.83. The Morgan fingerprint density at radius 3 is 2.40 bits per heavy atom. The third-order valence-electron chi connectivity index (χ3n) is 4.89. The lowest BCUT2D eigenvalue weighted by atomic mass is 9.94. The van der Waals surface area contributed by atoms with Crippen molar-refractivity contribution in [2.24, 2.45) is 0 Å². The molecule has 1 N–H and O–H groups in total. The van der Waals surface area contributed by atoms with E-state index in [4.69, 9.17) is 0 Å². The lowest BCUT2D eigenvalue weighted by Gasteiger charge is -2.31. The normalized spacial score (nSPS) is 20.5. The number of hydrogen-bond acceptors (Lipinski definition) is 2. The molecule has 3 rings (SSSR count). The summed E-state index contributed by atoms with van der Waals surface area (Å²) in [5.74, 6) is 0. The average Bonchev–Trinajstić information content (AvgIpc) is 3.31. The first-order valence-corrected chi connectivity index (χ1v) is 8.33. The molecule has 0 heterocycles. The molecule has 2 nitrogen and oxygen atoms in total. The summed E-state index contributed by atoms with van der Waals surface area (Å²) >= 11 is 0. The molecule has 0 atom stereocenters. The second kappa shape index (κ2) is 6.73. The first-order chi connectivity index (χ1) is 9.83. The van der Waals surface area contributed by atoms with E-state index in [2.05, 4.69) is 41.5 Å². The van der Waals surface area contributed by atoms with E-state index in [0.29, 0.717) is 0 Å². The van der Waals surface area contributed by atoms with Crippen molar-refractivity contribution in [3.05, 3.63) is 35.4 Å². The second-order valence-electron chi connectivity index (χ2n) is 6.63. The monoisotopic (exact) mass is 272 g/mol. The Morgan fingerprint density at radius 1 is 1.00 bits per heavy atom. The first kappa shape index (κ1) is 14.1. The molecule has 110 valence electrons. The summed E-state index contributed by atoms with van der Waals surface area (Å²) in [7, 11) is 2.31. The standard InChI is InChI=1S/C18H28N2/c1-20(18-9-3-2-4-10-18)14-16-8-6-5-7-15(16)13-19-17-11-12-17/h5-8,17-19H,2-4,9-14H2,1H3. The zero-order valence-electron chi connectivity index (χ0n) is 12.8. The predicted molar refractivity (Wildman–Crippen MR) is 84.6 cm³/mol. The molecule has 0 aromatic heterocycles. The van der Waals surface area contributed by atoms with Crippen LogP contribution in [0.5, 0.6) is 0 Å². The number of rotatable bonds is 6. The van der Waals surface area contributed by atoms with Crippen molar-refractivity contribution in [2.45, 2.75) is 70.1 Å². The summed E-state index contributed by atoms with van der Waals surface area (Å²) in [4.78, 5) is 2.58. The van der Waals surface area contributed by atoms with E-state index in [1.54, 1.807) is 0 Å². The Bertz CT molecular complexity index is 419. The van der Waals surface area contributed by atoms with Gasteiger partial charge in [0, 0.05) is 25.2 Å². The van der Waals surface area contributed by atoms with Gasteiger partial charge < -0.3 is 5.32 Å². The van der Waals surface area contributed by atoms with Crippen molar-refractivity contribution in [1.29, 1.82) is 0 Å². The molecule has 0 bridgehead atoms. The fourth-order valence-corrected chi connectivity index (χ4v) is 3.35. The van der Waals surface area contributed by atoms with E-state index in [1.807, 2.05) is 0 Å². The average molecular weight is 272 g/mol. The molecular weight excluding hydrogens is 244 g/mol. The SMILES string of the molecule is CN(Cc1ccccc1CNC1CC1)C1CCCCC1. The van der Waals surface area contributed by atoms with Gasteiger partial charge in [-0.2, -0.15) is 0 Å². The minimum absolute atomic E-state index is 0.791. The molecule has 2 heteroatoms. The van der Waals surface area contributed by atoms with E-state index in [0.717, 1.165) is 25.2 Å². The summed E-state index contributed by atoms with van der Waals surface area (Å²) in [5.41, 5.74) is 3.00. The van der Waals surface area contributed by atoms with Crippen LogP contribution >= 0.6 is 0 Å². The number of benzene rings is 1. The molecule has 0 radical (unpaired) electrons. The van der Waals surface area contributed by atoms with E-state index in [1.165, 1.54) is 56.1 Å². The van der Waals surface area contributed by atoms with E-state index < -0.39 is 0 Å². The second-order valence-corrected chi connectivity index (χ2v) is 6.63. The van der Waals surface area contributed by atoms with Crippen LogP contribution in [-0.4, -0.2) is 24.0 Å². The lowest BCUT2D eigenvalue weighted by Crippen LogP contribution is -2.33. The third-order valence-corrected chi connectivity index (χ3v) is 4.89. The maximum Gasteiger partial charge on any atom is 0.0236 e. The summed E-state index contributed by atoms with van der Waals surface area (Å²) in [6.07, 6.45) is 9.78. The summed E-state index contributed by atoms with van der Waals surface area (Å²) in [6, 6.07) is 10.5. The zero-order valence-corrected chi connectivity index (χ0v) is 12.8. The molecule has 0 saturated heterocycles. The number of nitrogens with zero attached hydrogens (tertiary/aromatic N) is 1. The van der Waals surface area contributed by atoms with Crippen LogP contribution in [0.25, 0.3) is 0 Å². The first-order valence-electron chi connectivity index (χ1n) is 8.33. The van der Waals surface area contributed by atoms with Crippen molar-refractivity contribution in [3.63, 3.8) is 0 Å². The minimum atomic E-state index is 0.791. The highest BCUT2D eigenvalue weighted by Gasteiger charge is 2.21. The largest absolute Gasteiger partial charge is 0.310 e. The van der Waals surface area contributed by atoms with Gasteiger partial charge in [-0.15, -0.1) is 0 Å². The Hall–Kier alpha value is -0.860. The summed E-state index contributed by atoms with van der Waals surface area (Å²) in [6.45, 7) is 2.15. The van der Waals surface area contributed by atoms with E-state index >= 15 is 0 Å². The van der Waals surface area contributed by atoms with Gasteiger partial charge in [-0.25, -0.2) is 0 Å². The van der Waals surface area contributed by atoms with Crippen LogP contribution in [0.15, 0.2) is 24.3 Å². The fraction of sp³-hybridized carbons (Fsp3) is 0.667. The maximum absolute atomic E-state index is 3.65. The molecule has 0 aliphatic heterocycles. The van der Waals surface area contributed by atoms with Crippen LogP contribution in [0.4, 0.5) is 0 Å². The molecule has 0 amide bonds. The van der Waals surface area contributed by atoms with Crippen LogP contribution < -0.4 is 5.32 Å². The lowest BCUT2D eigenvalue weighted by molar-refractivity contribution is 0.184. The Kier molecular flexibility index (Phi) is 4.74. The predicted octanol–water partition coefficient (Wildman–Crippen LogP) is 3.70. The molecule has 2 aliphatic rings. The Labute approximate surface area is 123 Å². The zero-order chi connectivity index (χ0) is 13.8. The molecule has 1 aromatic carbocycles. The highest BCUT2D eigenvalue weighted by Crippen LogP contribution is 2.24. The van der Waals surface area contributed by atoms with Crippen LogP contribution in [0.1, 0.15) is 56.1 Å². The quantitative estimate of drug-likeness (QED) is 0.849. The number of nitrogens with one attached hydrogen (secondary N) is 1. The Morgan fingerprint density at radius 2 is 1.70 bits per heavy atom. The molecule has 20 heavy (non-hydrogen) atoms. The van der Waals surface area contributed by atoms with Crippen LogP contribution in [-0.2, 0) is 13.1 Å². The Balaban J connectivity index is 1.59. The van der Waals surface area contributed by atoms with Gasteiger partial charge in [-0.1, -0.05) is 43.5 Å². The van der Waals surface area contributed by atoms with Crippen molar-refractivity contribution < 1.29 is 0 Å². The van der Waals surface area contributed by atoms with Gasteiger partial charge in [0.2, 0.25) is 0 Å². The number of hydrogen-bond donors (Lipinski definition) is 1. The highest BCUT2D eigenvalue weighted by molar-refractivity contribution is 5.27. The molecule has 2 saturated carbocycles. The van der Waals surface area contributed by atoms with Crippen LogP contribution in [0, 0.1) is 0 Å². The fourth-order valence-electron chi connectivity index (χ4n) is 3.35. The van der Waals surface area contributed by atoms with Crippen molar-refractivity contribution in [3.8, 4) is 0 Å². The van der Waals surface area contributed by atoms with Crippen molar-refractivity contribution in [1.82, 2.24) is 10.2 Å². The van der Waals surface area contributed by atoms with E-state index in [9.17, 15) is 0 Å². The van der Waals surface area contributed by atoms with Crippen molar-refractivity contribution >= 4 is 0 Å². The van der Waals surface area contributed by atoms with Gasteiger partial charge in [0.1, 0.15) is 0 Å². The molecule has 1 aromatic rings. The van der Waals surface area contributed by atoms with Crippen molar-refractivity contribution in [2.75, 3.05) is 7.05 Å². The summed E-state index contributed by atoms with van der Waals surface area (Å²) in [5, 5.41) is 3.65. The smallest absolute Gasteiger partial charge is 0.0236 e. The summed E-state index contributed by atoms with van der Waals surface area (Å²) < 4.78 is 0. The minimum Gasteiger partial charge on any atom is -0.310 e. The van der Waals surface area contributed by atoms with Gasteiger partial charge in [0.25, 0.3) is 0 Å². The van der Waals surface area contributed by atoms with Gasteiger partial charge in [0.15, 0.2) is 0 Å². The van der Waals surface area contributed by atoms with Gasteiger partial charge in [-0.3, -0.25) is 4.90 Å². The molecule has 2 fully saturated rings. The molecule has 0 unspecified atom stereocenters. The molecule has 0 spiro atoms. The molecule has 2 aliphatic carbocycles. The van der Waals surface area contributed by atoms with Gasteiger partial charge >= 0.3 is 0 Å². The maximum atomic E-state index is 3.65. The topological polar surface area (TPSA) is 15.3 Å².